The number of aliphatic hydroxyl groups excluding tert-OH is 4. The molecule has 0 radical (unpaired) electrons. The summed E-state index contributed by atoms with van der Waals surface area (Å²) in [6, 6.07) is -1.01. The van der Waals surface area contributed by atoms with Gasteiger partial charge in [-0.2, -0.15) is 0 Å². The van der Waals surface area contributed by atoms with E-state index in [0.717, 1.165) is 51.4 Å². The summed E-state index contributed by atoms with van der Waals surface area (Å²) in [6.07, 6.45) is 55.9. The molecule has 0 saturated heterocycles. The van der Waals surface area contributed by atoms with Crippen molar-refractivity contribution in [3.05, 3.63) is 48.6 Å². The minimum Gasteiger partial charge on any atom is -0.394 e. The van der Waals surface area contributed by atoms with Crippen LogP contribution < -0.4 is 5.32 Å². The van der Waals surface area contributed by atoms with Gasteiger partial charge in [0.1, 0.15) is 12.2 Å². The Morgan fingerprint density at radius 2 is 0.789 bits per heavy atom. The zero-order valence-corrected chi connectivity index (χ0v) is 37.6. The fourth-order valence-corrected chi connectivity index (χ4v) is 7.33. The summed E-state index contributed by atoms with van der Waals surface area (Å²) >= 11 is 0. The molecular weight excluding hydrogens is 707 g/mol. The van der Waals surface area contributed by atoms with Gasteiger partial charge in [-0.25, -0.2) is 0 Å². The van der Waals surface area contributed by atoms with Gasteiger partial charge in [-0.05, 0) is 83.5 Å². The summed E-state index contributed by atoms with van der Waals surface area (Å²) in [7, 11) is 0. The Morgan fingerprint density at radius 1 is 0.439 bits per heavy atom. The first-order valence-corrected chi connectivity index (χ1v) is 24.5. The SMILES string of the molecule is CCCCCC/C=C/CC/C=C/CCCC(O)C(O)C(CO)NC(=O)C(O)CCCCCCCCCCCCCC/C=C\C/C=C\CCCCCCCCCCC. The average Bonchev–Trinajstić information content (AvgIpc) is 3.22. The van der Waals surface area contributed by atoms with Gasteiger partial charge in [0.25, 0.3) is 0 Å². The molecule has 57 heavy (non-hydrogen) atoms. The third-order valence-electron chi connectivity index (χ3n) is 11.2. The van der Waals surface area contributed by atoms with E-state index in [9.17, 15) is 25.2 Å². The second-order valence-corrected chi connectivity index (χ2v) is 16.8. The zero-order valence-electron chi connectivity index (χ0n) is 37.6. The van der Waals surface area contributed by atoms with E-state index in [4.69, 9.17) is 0 Å². The van der Waals surface area contributed by atoms with Gasteiger partial charge in [0.2, 0.25) is 5.91 Å². The molecule has 0 aliphatic rings. The maximum absolute atomic E-state index is 12.5. The fraction of sp³-hybridized carbons (Fsp3) is 0.824. The molecule has 0 aromatic rings. The van der Waals surface area contributed by atoms with Crippen LogP contribution in [0.4, 0.5) is 0 Å². The maximum Gasteiger partial charge on any atom is 0.249 e. The highest BCUT2D eigenvalue weighted by Crippen LogP contribution is 2.15. The number of unbranched alkanes of at least 4 members (excludes halogenated alkanes) is 27. The molecule has 0 rings (SSSR count). The Labute approximate surface area is 353 Å². The van der Waals surface area contributed by atoms with Crippen LogP contribution in [0.2, 0.25) is 0 Å². The van der Waals surface area contributed by atoms with Crippen LogP contribution in [-0.4, -0.2) is 57.3 Å². The van der Waals surface area contributed by atoms with Crippen molar-refractivity contribution in [2.45, 2.75) is 263 Å². The molecule has 0 saturated carbocycles. The molecule has 0 bridgehead atoms. The largest absolute Gasteiger partial charge is 0.394 e. The van der Waals surface area contributed by atoms with Crippen LogP contribution in [0.15, 0.2) is 48.6 Å². The summed E-state index contributed by atoms with van der Waals surface area (Å²) in [6.45, 7) is 4.01. The third kappa shape index (κ3) is 39.5. The van der Waals surface area contributed by atoms with Crippen molar-refractivity contribution in [1.82, 2.24) is 5.32 Å². The molecular formula is C51H95NO5. The number of rotatable bonds is 44. The van der Waals surface area contributed by atoms with Crippen LogP contribution in [0.25, 0.3) is 0 Å². The molecule has 0 aliphatic carbocycles. The van der Waals surface area contributed by atoms with Crippen molar-refractivity contribution in [3.8, 4) is 0 Å². The number of aliphatic hydroxyl groups is 4. The number of carbonyl (C=O) groups is 1. The normalized spacial score (nSPS) is 14.4. The van der Waals surface area contributed by atoms with E-state index in [2.05, 4.69) is 67.8 Å². The van der Waals surface area contributed by atoms with Gasteiger partial charge in [0.15, 0.2) is 0 Å². The first kappa shape index (κ1) is 55.3. The number of hydrogen-bond acceptors (Lipinski definition) is 5. The summed E-state index contributed by atoms with van der Waals surface area (Å²) < 4.78 is 0. The minimum absolute atomic E-state index is 0.357. The quantitative estimate of drug-likeness (QED) is 0.0311. The van der Waals surface area contributed by atoms with Gasteiger partial charge in [-0.3, -0.25) is 4.79 Å². The van der Waals surface area contributed by atoms with Gasteiger partial charge < -0.3 is 25.7 Å². The minimum atomic E-state index is -1.29. The van der Waals surface area contributed by atoms with E-state index in [-0.39, 0.29) is 0 Å². The highest BCUT2D eigenvalue weighted by Gasteiger charge is 2.28. The predicted octanol–water partition coefficient (Wildman–Crippen LogP) is 13.5. The highest BCUT2D eigenvalue weighted by molar-refractivity contribution is 5.80. The number of amides is 1. The van der Waals surface area contributed by atoms with Crippen molar-refractivity contribution in [1.29, 1.82) is 0 Å². The van der Waals surface area contributed by atoms with Gasteiger partial charge in [0, 0.05) is 0 Å². The van der Waals surface area contributed by atoms with Gasteiger partial charge in [-0.1, -0.05) is 204 Å². The Morgan fingerprint density at radius 3 is 1.23 bits per heavy atom. The molecule has 5 N–H and O–H groups in total. The summed E-state index contributed by atoms with van der Waals surface area (Å²) in [5.74, 6) is -0.600. The lowest BCUT2D eigenvalue weighted by molar-refractivity contribution is -0.132. The van der Waals surface area contributed by atoms with Crippen molar-refractivity contribution in [2.24, 2.45) is 0 Å². The molecule has 0 aliphatic heterocycles. The van der Waals surface area contributed by atoms with Crippen LogP contribution in [0.3, 0.4) is 0 Å². The number of allylic oxidation sites excluding steroid dienone is 8. The molecule has 0 aromatic carbocycles. The summed E-state index contributed by atoms with van der Waals surface area (Å²) in [5, 5.41) is 43.7. The molecule has 0 fully saturated rings. The van der Waals surface area contributed by atoms with Crippen LogP contribution in [0, 0.1) is 0 Å². The second kappa shape index (κ2) is 45.4. The van der Waals surface area contributed by atoms with E-state index in [1.165, 1.54) is 154 Å². The molecule has 334 valence electrons. The number of hydrogen-bond donors (Lipinski definition) is 5. The van der Waals surface area contributed by atoms with E-state index in [1.807, 2.05) is 0 Å². The summed E-state index contributed by atoms with van der Waals surface area (Å²) in [4.78, 5) is 12.5. The topological polar surface area (TPSA) is 110 Å². The Kier molecular flexibility index (Phi) is 44.0. The molecule has 0 aromatic heterocycles. The van der Waals surface area contributed by atoms with Crippen LogP contribution in [0.5, 0.6) is 0 Å². The smallest absolute Gasteiger partial charge is 0.249 e. The standard InChI is InChI=1S/C51H95NO5/c1-3-5-7-9-11-13-15-17-18-19-20-21-22-23-24-25-26-27-28-29-30-31-33-35-37-39-41-43-45-49(55)51(57)52-47(46-53)50(56)48(54)44-42-40-38-36-34-32-16-14-12-10-8-6-4-2/h14,16,20-21,23-24,36,38,47-50,53-56H,3-13,15,17-19,22,25-35,37,39-46H2,1-2H3,(H,52,57)/b16-14+,21-20-,24-23-,38-36+. The van der Waals surface area contributed by atoms with Gasteiger partial charge >= 0.3 is 0 Å². The molecule has 0 heterocycles. The first-order chi connectivity index (χ1) is 28.0. The highest BCUT2D eigenvalue weighted by atomic mass is 16.3. The van der Waals surface area contributed by atoms with E-state index in [1.54, 1.807) is 0 Å². The number of carbonyl (C=O) groups excluding carboxylic acids is 1. The molecule has 0 spiro atoms. The van der Waals surface area contributed by atoms with Crippen LogP contribution in [-0.2, 0) is 4.79 Å². The molecule has 4 unspecified atom stereocenters. The van der Waals surface area contributed by atoms with Crippen LogP contribution >= 0.6 is 0 Å². The lowest BCUT2D eigenvalue weighted by Gasteiger charge is -2.27. The lowest BCUT2D eigenvalue weighted by Crippen LogP contribution is -2.53. The molecule has 6 nitrogen and oxygen atoms in total. The van der Waals surface area contributed by atoms with Crippen molar-refractivity contribution >= 4 is 5.91 Å². The monoisotopic (exact) mass is 802 g/mol. The predicted molar refractivity (Wildman–Crippen MR) is 247 cm³/mol. The van der Waals surface area contributed by atoms with E-state index < -0.39 is 36.9 Å². The Bertz CT molecular complexity index is 946. The van der Waals surface area contributed by atoms with Crippen molar-refractivity contribution in [2.75, 3.05) is 6.61 Å². The Balaban J connectivity index is 3.68. The summed E-state index contributed by atoms with van der Waals surface area (Å²) in [5.41, 5.74) is 0. The third-order valence-corrected chi connectivity index (χ3v) is 11.2. The Hall–Kier alpha value is -1.73. The first-order valence-electron chi connectivity index (χ1n) is 24.5. The van der Waals surface area contributed by atoms with Crippen molar-refractivity contribution < 1.29 is 25.2 Å². The van der Waals surface area contributed by atoms with Gasteiger partial charge in [-0.15, -0.1) is 0 Å². The molecule has 1 amide bonds. The zero-order chi connectivity index (χ0) is 41.7. The molecule has 6 heteroatoms. The number of nitrogens with one attached hydrogen (secondary N) is 1. The molecule has 4 atom stereocenters. The van der Waals surface area contributed by atoms with Crippen molar-refractivity contribution in [3.63, 3.8) is 0 Å². The average molecular weight is 802 g/mol. The lowest BCUT2D eigenvalue weighted by atomic mass is 10.00. The van der Waals surface area contributed by atoms with Crippen LogP contribution in [0.1, 0.15) is 239 Å². The van der Waals surface area contributed by atoms with Gasteiger partial charge in [0.05, 0.1) is 18.8 Å². The fourth-order valence-electron chi connectivity index (χ4n) is 7.33. The second-order valence-electron chi connectivity index (χ2n) is 16.8. The van der Waals surface area contributed by atoms with E-state index >= 15 is 0 Å². The maximum atomic E-state index is 12.5. The van der Waals surface area contributed by atoms with E-state index in [0.29, 0.717) is 19.3 Å².